The molecule has 3 nitrogen and oxygen atoms in total. The summed E-state index contributed by atoms with van der Waals surface area (Å²) in [5, 5.41) is 3.68. The molecular weight excluding hydrogens is 304 g/mol. The second-order valence-electron chi connectivity index (χ2n) is 6.03. The second-order valence-corrected chi connectivity index (χ2v) is 6.95. The molecular formula is C15H17BrN2O. The molecule has 100 valence electrons. The molecule has 1 N–H and O–H groups in total. The van der Waals surface area contributed by atoms with Gasteiger partial charge in [-0.3, -0.25) is 4.79 Å². The molecule has 1 aromatic carbocycles. The van der Waals surface area contributed by atoms with Gasteiger partial charge in [0.1, 0.15) is 0 Å². The molecule has 0 saturated carbocycles. The fourth-order valence-corrected chi connectivity index (χ4v) is 4.39. The molecule has 4 saturated heterocycles. The molecule has 1 aromatic rings. The Kier molecular flexibility index (Phi) is 2.71. The minimum Gasteiger partial charge on any atom is -0.332 e. The summed E-state index contributed by atoms with van der Waals surface area (Å²) < 4.78 is 1.02. The van der Waals surface area contributed by atoms with Crippen molar-refractivity contribution in [2.45, 2.75) is 49.9 Å². The van der Waals surface area contributed by atoms with Gasteiger partial charge in [0.05, 0.1) is 0 Å². The Bertz CT molecular complexity index is 485. The molecule has 4 aliphatic heterocycles. The fourth-order valence-electron chi connectivity index (χ4n) is 4.13. The standard InChI is InChI=1S/C15H17BrN2O/c16-10-3-1-9(2-4-10)15(19)18-13-5-11-6-14(18)8-12(7-13)17-11/h1-4,11-14,17H,5-8H2. The predicted molar refractivity (Wildman–Crippen MR) is 77.1 cm³/mol. The van der Waals surface area contributed by atoms with Gasteiger partial charge >= 0.3 is 0 Å². The van der Waals surface area contributed by atoms with Gasteiger partial charge in [0, 0.05) is 34.2 Å². The van der Waals surface area contributed by atoms with E-state index in [1.165, 1.54) is 0 Å². The zero-order chi connectivity index (χ0) is 13.0. The van der Waals surface area contributed by atoms with Gasteiger partial charge in [0.15, 0.2) is 0 Å². The van der Waals surface area contributed by atoms with E-state index < -0.39 is 0 Å². The van der Waals surface area contributed by atoms with Gasteiger partial charge in [0.2, 0.25) is 0 Å². The lowest BCUT2D eigenvalue weighted by Gasteiger charge is -2.56. The third-order valence-corrected chi connectivity index (χ3v) is 5.34. The Hall–Kier alpha value is -0.870. The lowest BCUT2D eigenvalue weighted by atomic mass is 9.74. The molecule has 19 heavy (non-hydrogen) atoms. The molecule has 4 heteroatoms. The number of nitrogens with one attached hydrogen (secondary N) is 1. The van der Waals surface area contributed by atoms with Crippen LogP contribution in [0.5, 0.6) is 0 Å². The van der Waals surface area contributed by atoms with Gasteiger partial charge in [0.25, 0.3) is 5.91 Å². The number of carbonyl (C=O) groups excluding carboxylic acids is 1. The van der Waals surface area contributed by atoms with E-state index in [1.54, 1.807) is 0 Å². The molecule has 0 spiro atoms. The van der Waals surface area contributed by atoms with Crippen LogP contribution in [0.1, 0.15) is 36.0 Å². The maximum atomic E-state index is 12.7. The Morgan fingerprint density at radius 1 is 1.05 bits per heavy atom. The summed E-state index contributed by atoms with van der Waals surface area (Å²) in [6.45, 7) is 0. The van der Waals surface area contributed by atoms with Crippen molar-refractivity contribution in [3.63, 3.8) is 0 Å². The third-order valence-electron chi connectivity index (χ3n) is 4.81. The van der Waals surface area contributed by atoms with Gasteiger partial charge < -0.3 is 10.2 Å². The van der Waals surface area contributed by atoms with Crippen LogP contribution in [0.15, 0.2) is 28.7 Å². The molecule has 0 aliphatic carbocycles. The number of halogens is 1. The largest absolute Gasteiger partial charge is 0.332 e. The van der Waals surface area contributed by atoms with Crippen LogP contribution in [-0.4, -0.2) is 35.0 Å². The first-order valence-electron chi connectivity index (χ1n) is 7.05. The van der Waals surface area contributed by atoms with Gasteiger partial charge in [-0.15, -0.1) is 0 Å². The summed E-state index contributed by atoms with van der Waals surface area (Å²) >= 11 is 3.42. The number of rotatable bonds is 1. The summed E-state index contributed by atoms with van der Waals surface area (Å²) in [7, 11) is 0. The highest BCUT2D eigenvalue weighted by Crippen LogP contribution is 2.39. The van der Waals surface area contributed by atoms with Crippen molar-refractivity contribution in [1.82, 2.24) is 10.2 Å². The Morgan fingerprint density at radius 2 is 1.58 bits per heavy atom. The Balaban J connectivity index is 1.62. The van der Waals surface area contributed by atoms with Crippen molar-refractivity contribution in [3.8, 4) is 0 Å². The third kappa shape index (κ3) is 1.93. The van der Waals surface area contributed by atoms with Crippen molar-refractivity contribution in [2.24, 2.45) is 0 Å². The number of amides is 1. The van der Waals surface area contributed by atoms with Crippen molar-refractivity contribution >= 4 is 21.8 Å². The maximum Gasteiger partial charge on any atom is 0.254 e. The summed E-state index contributed by atoms with van der Waals surface area (Å²) in [5.74, 6) is 0.223. The Morgan fingerprint density at radius 3 is 2.11 bits per heavy atom. The van der Waals surface area contributed by atoms with Crippen molar-refractivity contribution < 1.29 is 4.79 Å². The number of carbonyl (C=O) groups is 1. The van der Waals surface area contributed by atoms with Crippen LogP contribution in [0.2, 0.25) is 0 Å². The van der Waals surface area contributed by atoms with Gasteiger partial charge in [-0.1, -0.05) is 15.9 Å². The van der Waals surface area contributed by atoms with Gasteiger partial charge in [-0.05, 0) is 49.9 Å². The van der Waals surface area contributed by atoms with E-state index in [-0.39, 0.29) is 5.91 Å². The fraction of sp³-hybridized carbons (Fsp3) is 0.533. The second kappa shape index (κ2) is 4.32. The predicted octanol–water partition coefficient (Wildman–Crippen LogP) is 2.56. The topological polar surface area (TPSA) is 32.3 Å². The molecule has 4 heterocycles. The zero-order valence-corrected chi connectivity index (χ0v) is 12.3. The summed E-state index contributed by atoms with van der Waals surface area (Å²) in [6.07, 6.45) is 4.54. The monoisotopic (exact) mass is 320 g/mol. The van der Waals surface area contributed by atoms with E-state index in [4.69, 9.17) is 0 Å². The molecule has 1 amide bonds. The molecule has 0 atom stereocenters. The molecule has 0 radical (unpaired) electrons. The molecule has 0 aromatic heterocycles. The summed E-state index contributed by atoms with van der Waals surface area (Å²) in [5.41, 5.74) is 0.823. The van der Waals surface area contributed by atoms with Crippen LogP contribution in [0.25, 0.3) is 0 Å². The molecule has 5 rings (SSSR count). The number of benzene rings is 1. The van der Waals surface area contributed by atoms with Crippen LogP contribution in [-0.2, 0) is 0 Å². The first-order chi connectivity index (χ1) is 9.20. The Labute approximate surface area is 121 Å². The van der Waals surface area contributed by atoms with Gasteiger partial charge in [-0.2, -0.15) is 0 Å². The molecule has 0 unspecified atom stereocenters. The number of hydrogen-bond donors (Lipinski definition) is 1. The van der Waals surface area contributed by atoms with E-state index in [9.17, 15) is 4.79 Å². The normalized spacial score (nSPS) is 35.7. The minimum absolute atomic E-state index is 0.223. The quantitative estimate of drug-likeness (QED) is 0.862. The van der Waals surface area contributed by atoms with E-state index in [1.807, 2.05) is 24.3 Å². The zero-order valence-electron chi connectivity index (χ0n) is 10.7. The number of hydrogen-bond acceptors (Lipinski definition) is 2. The van der Waals surface area contributed by atoms with Crippen molar-refractivity contribution in [3.05, 3.63) is 34.3 Å². The van der Waals surface area contributed by atoms with E-state index in [0.29, 0.717) is 24.2 Å². The average molecular weight is 321 g/mol. The summed E-state index contributed by atoms with van der Waals surface area (Å²) in [4.78, 5) is 14.9. The van der Waals surface area contributed by atoms with Crippen molar-refractivity contribution in [1.29, 1.82) is 0 Å². The van der Waals surface area contributed by atoms with E-state index >= 15 is 0 Å². The molecule has 4 fully saturated rings. The van der Waals surface area contributed by atoms with E-state index in [0.717, 1.165) is 35.7 Å². The van der Waals surface area contributed by atoms with Crippen LogP contribution >= 0.6 is 15.9 Å². The minimum atomic E-state index is 0.223. The number of piperidine rings is 4. The highest BCUT2D eigenvalue weighted by atomic mass is 79.9. The average Bonchev–Trinajstić information content (AvgIpc) is 2.38. The first kappa shape index (κ1) is 11.9. The highest BCUT2D eigenvalue weighted by Gasteiger charge is 2.48. The smallest absolute Gasteiger partial charge is 0.254 e. The maximum absolute atomic E-state index is 12.7. The SMILES string of the molecule is O=C(c1ccc(Br)cc1)N1C2CC3CC1CC(C2)N3. The van der Waals surface area contributed by atoms with Crippen LogP contribution in [0.3, 0.4) is 0 Å². The van der Waals surface area contributed by atoms with E-state index in [2.05, 4.69) is 26.1 Å². The first-order valence-corrected chi connectivity index (χ1v) is 7.84. The molecule has 4 bridgehead atoms. The van der Waals surface area contributed by atoms with Crippen molar-refractivity contribution in [2.75, 3.05) is 0 Å². The van der Waals surface area contributed by atoms with Crippen LogP contribution in [0, 0.1) is 0 Å². The molecule has 4 aliphatic rings. The van der Waals surface area contributed by atoms with Crippen LogP contribution < -0.4 is 5.32 Å². The number of nitrogens with zero attached hydrogens (tertiary/aromatic N) is 1. The lowest BCUT2D eigenvalue weighted by molar-refractivity contribution is -0.0172. The summed E-state index contributed by atoms with van der Waals surface area (Å²) in [6, 6.07) is 9.97. The van der Waals surface area contributed by atoms with Gasteiger partial charge in [-0.25, -0.2) is 0 Å². The lowest BCUT2D eigenvalue weighted by Crippen LogP contribution is -2.68. The highest BCUT2D eigenvalue weighted by molar-refractivity contribution is 9.10. The van der Waals surface area contributed by atoms with Crippen LogP contribution in [0.4, 0.5) is 0 Å².